The quantitative estimate of drug-likeness (QED) is 0.719. The molecule has 1 aromatic heterocycles. The summed E-state index contributed by atoms with van der Waals surface area (Å²) in [4.78, 5) is 5.55. The van der Waals surface area contributed by atoms with Crippen molar-refractivity contribution in [3.05, 3.63) is 16.1 Å². The summed E-state index contributed by atoms with van der Waals surface area (Å²) in [5, 5.41) is 1.11. The van der Waals surface area contributed by atoms with E-state index in [1.165, 1.54) is 4.88 Å². The van der Waals surface area contributed by atoms with Gasteiger partial charge in [-0.15, -0.1) is 11.3 Å². The molecule has 0 aromatic carbocycles. The fraction of sp³-hybridized carbons (Fsp3) is 0.667. The van der Waals surface area contributed by atoms with Gasteiger partial charge >= 0.3 is 0 Å². The Morgan fingerprint density at radius 1 is 1.58 bits per heavy atom. The van der Waals surface area contributed by atoms with Gasteiger partial charge in [-0.25, -0.2) is 4.98 Å². The van der Waals surface area contributed by atoms with Crippen molar-refractivity contribution in [2.24, 2.45) is 0 Å². The first-order valence-corrected chi connectivity index (χ1v) is 5.13. The summed E-state index contributed by atoms with van der Waals surface area (Å²) in [6, 6.07) is 0. The molecule has 3 heteroatoms. The number of rotatable bonds is 4. The maximum absolute atomic E-state index is 5.54. The highest BCUT2D eigenvalue weighted by Crippen LogP contribution is 2.24. The smallest absolute Gasteiger partial charge is 0.122 e. The number of ether oxygens (including phenoxy) is 1. The third kappa shape index (κ3) is 2.29. The molecule has 2 nitrogen and oxygen atoms in total. The van der Waals surface area contributed by atoms with Crippen molar-refractivity contribution in [1.82, 2.24) is 4.98 Å². The molecule has 0 fully saturated rings. The monoisotopic (exact) mass is 185 g/mol. The Balaban J connectivity index is 2.66. The van der Waals surface area contributed by atoms with E-state index in [4.69, 9.17) is 4.74 Å². The summed E-state index contributed by atoms with van der Waals surface area (Å²) in [5.41, 5.74) is 0. The molecule has 0 saturated carbocycles. The Morgan fingerprint density at radius 3 is 2.75 bits per heavy atom. The molecule has 1 heterocycles. The first-order chi connectivity index (χ1) is 5.77. The molecule has 12 heavy (non-hydrogen) atoms. The van der Waals surface area contributed by atoms with Gasteiger partial charge < -0.3 is 4.74 Å². The molecule has 0 radical (unpaired) electrons. The lowest BCUT2D eigenvalue weighted by Gasteiger charge is -2.10. The maximum atomic E-state index is 5.54. The van der Waals surface area contributed by atoms with Crippen LogP contribution in [0.4, 0.5) is 0 Å². The van der Waals surface area contributed by atoms with Gasteiger partial charge in [0, 0.05) is 17.7 Å². The van der Waals surface area contributed by atoms with Crippen LogP contribution in [0.5, 0.6) is 0 Å². The predicted molar refractivity (Wildman–Crippen MR) is 51.5 cm³/mol. The molecule has 0 amide bonds. The first-order valence-electron chi connectivity index (χ1n) is 4.31. The number of hydrogen-bond acceptors (Lipinski definition) is 3. The number of aromatic nitrogens is 1. The van der Waals surface area contributed by atoms with E-state index in [1.807, 2.05) is 13.1 Å². The van der Waals surface area contributed by atoms with Gasteiger partial charge in [0.25, 0.3) is 0 Å². The zero-order valence-electron chi connectivity index (χ0n) is 7.83. The lowest BCUT2D eigenvalue weighted by atomic mass is 10.3. The van der Waals surface area contributed by atoms with Crippen LogP contribution in [0.2, 0.25) is 0 Å². The van der Waals surface area contributed by atoms with Crippen LogP contribution in [0, 0.1) is 6.92 Å². The normalized spacial score (nSPS) is 13.2. The molecule has 0 saturated heterocycles. The fourth-order valence-electron chi connectivity index (χ4n) is 1.09. The van der Waals surface area contributed by atoms with Crippen molar-refractivity contribution in [2.45, 2.75) is 33.3 Å². The van der Waals surface area contributed by atoms with Gasteiger partial charge in [-0.3, -0.25) is 0 Å². The molecule has 1 rings (SSSR count). The van der Waals surface area contributed by atoms with Crippen LogP contribution < -0.4 is 0 Å². The van der Waals surface area contributed by atoms with E-state index in [0.717, 1.165) is 18.0 Å². The van der Waals surface area contributed by atoms with Crippen molar-refractivity contribution in [3.63, 3.8) is 0 Å². The van der Waals surface area contributed by atoms with Crippen LogP contribution in [0.15, 0.2) is 6.20 Å². The van der Waals surface area contributed by atoms with E-state index in [0.29, 0.717) is 0 Å². The Hall–Kier alpha value is -0.410. The molecule has 1 atom stereocenters. The third-order valence-electron chi connectivity index (χ3n) is 1.65. The highest BCUT2D eigenvalue weighted by Gasteiger charge is 2.11. The third-order valence-corrected chi connectivity index (χ3v) is 2.66. The number of hydrogen-bond donors (Lipinski definition) is 0. The van der Waals surface area contributed by atoms with Gasteiger partial charge in [0.15, 0.2) is 0 Å². The number of aryl methyl sites for hydroxylation is 1. The van der Waals surface area contributed by atoms with Crippen molar-refractivity contribution >= 4 is 11.3 Å². The van der Waals surface area contributed by atoms with E-state index >= 15 is 0 Å². The van der Waals surface area contributed by atoms with Crippen molar-refractivity contribution in [1.29, 1.82) is 0 Å². The minimum atomic E-state index is 0.202. The van der Waals surface area contributed by atoms with Crippen LogP contribution >= 0.6 is 11.3 Å². The molecule has 1 unspecified atom stereocenters. The minimum absolute atomic E-state index is 0.202. The minimum Gasteiger partial charge on any atom is -0.371 e. The second kappa shape index (κ2) is 4.58. The van der Waals surface area contributed by atoms with Gasteiger partial charge in [-0.2, -0.15) is 0 Å². The van der Waals surface area contributed by atoms with Gasteiger partial charge in [0.2, 0.25) is 0 Å². The molecule has 0 bridgehead atoms. The molecule has 0 aliphatic heterocycles. The van der Waals surface area contributed by atoms with Crippen molar-refractivity contribution in [3.8, 4) is 0 Å². The van der Waals surface area contributed by atoms with E-state index in [1.54, 1.807) is 11.3 Å². The van der Waals surface area contributed by atoms with Crippen molar-refractivity contribution in [2.75, 3.05) is 6.61 Å². The number of thiazole rings is 1. The molecule has 0 spiro atoms. The standard InChI is InChI=1S/C9H15NOS/c1-4-8(11-5-2)9-10-6-7(3)12-9/h6,8H,4-5H2,1-3H3. The van der Waals surface area contributed by atoms with Crippen LogP contribution in [0.3, 0.4) is 0 Å². The summed E-state index contributed by atoms with van der Waals surface area (Å²) < 4.78 is 5.54. The Bertz CT molecular complexity index is 234. The Labute approximate surface area is 77.6 Å². The lowest BCUT2D eigenvalue weighted by Crippen LogP contribution is -2.01. The van der Waals surface area contributed by atoms with Crippen LogP contribution in [0.1, 0.15) is 36.3 Å². The van der Waals surface area contributed by atoms with Crippen LogP contribution in [-0.4, -0.2) is 11.6 Å². The second-order valence-electron chi connectivity index (χ2n) is 2.66. The summed E-state index contributed by atoms with van der Waals surface area (Å²) in [5.74, 6) is 0. The van der Waals surface area contributed by atoms with E-state index in [-0.39, 0.29) is 6.10 Å². The molecule has 0 aliphatic carbocycles. The second-order valence-corrected chi connectivity index (χ2v) is 3.93. The molecular formula is C9H15NOS. The van der Waals surface area contributed by atoms with E-state index in [9.17, 15) is 0 Å². The molecule has 1 aromatic rings. The predicted octanol–water partition coefficient (Wildman–Crippen LogP) is 2.94. The summed E-state index contributed by atoms with van der Waals surface area (Å²) in [6.07, 6.45) is 3.11. The molecular weight excluding hydrogens is 170 g/mol. The first kappa shape index (κ1) is 9.68. The van der Waals surface area contributed by atoms with E-state index < -0.39 is 0 Å². The summed E-state index contributed by atoms with van der Waals surface area (Å²) >= 11 is 1.72. The number of nitrogens with zero attached hydrogens (tertiary/aromatic N) is 1. The van der Waals surface area contributed by atoms with Gasteiger partial charge in [-0.1, -0.05) is 6.92 Å². The van der Waals surface area contributed by atoms with Gasteiger partial charge in [0.1, 0.15) is 11.1 Å². The Morgan fingerprint density at radius 2 is 2.33 bits per heavy atom. The Kier molecular flexibility index (Phi) is 3.69. The van der Waals surface area contributed by atoms with Gasteiger partial charge in [0.05, 0.1) is 0 Å². The molecule has 0 N–H and O–H groups in total. The highest BCUT2D eigenvalue weighted by molar-refractivity contribution is 7.11. The summed E-state index contributed by atoms with van der Waals surface area (Å²) in [7, 11) is 0. The highest BCUT2D eigenvalue weighted by atomic mass is 32.1. The molecule has 68 valence electrons. The fourth-order valence-corrected chi connectivity index (χ4v) is 1.99. The zero-order valence-corrected chi connectivity index (χ0v) is 8.65. The lowest BCUT2D eigenvalue weighted by molar-refractivity contribution is 0.0596. The van der Waals surface area contributed by atoms with Crippen molar-refractivity contribution < 1.29 is 4.74 Å². The van der Waals surface area contributed by atoms with Crippen LogP contribution in [-0.2, 0) is 4.74 Å². The average Bonchev–Trinajstić information content (AvgIpc) is 2.47. The van der Waals surface area contributed by atoms with Gasteiger partial charge in [-0.05, 0) is 20.3 Å². The van der Waals surface area contributed by atoms with Crippen LogP contribution in [0.25, 0.3) is 0 Å². The van der Waals surface area contributed by atoms with E-state index in [2.05, 4.69) is 18.8 Å². The zero-order chi connectivity index (χ0) is 8.97. The maximum Gasteiger partial charge on any atom is 0.122 e. The average molecular weight is 185 g/mol. The topological polar surface area (TPSA) is 22.1 Å². The summed E-state index contributed by atoms with van der Waals surface area (Å²) in [6.45, 7) is 6.97. The largest absolute Gasteiger partial charge is 0.371 e. The molecule has 0 aliphatic rings. The SMILES string of the molecule is CCOC(CC)c1ncc(C)s1.